The smallest absolute Gasteiger partial charge is 0.174 e. The highest BCUT2D eigenvalue weighted by Gasteiger charge is 2.02. The molecule has 67 valence electrons. The van der Waals surface area contributed by atoms with Gasteiger partial charge in [0.15, 0.2) is 6.33 Å². The minimum atomic E-state index is 0.856. The van der Waals surface area contributed by atoms with Crippen molar-refractivity contribution in [1.82, 2.24) is 19.9 Å². The van der Waals surface area contributed by atoms with Crippen molar-refractivity contribution in [3.8, 4) is 11.4 Å². The number of nitrogens with one attached hydrogen (secondary N) is 2. The van der Waals surface area contributed by atoms with Crippen molar-refractivity contribution in [3.63, 3.8) is 0 Å². The largest absolute Gasteiger partial charge is 0.345 e. The molecule has 0 saturated carbocycles. The minimum Gasteiger partial charge on any atom is -0.345 e. The first-order valence-electron chi connectivity index (χ1n) is 4.29. The molecule has 4 nitrogen and oxygen atoms in total. The minimum absolute atomic E-state index is 0.856. The summed E-state index contributed by atoms with van der Waals surface area (Å²) in [6.07, 6.45) is 6.24. The fraction of sp³-hybridized carbons (Fsp3) is 0. The standard InChI is InChI=1S/C10H7N4/c1-2-8-9(14-6-13-8)5-7(1)10-11-3-4-12-10/h1-5H,(H,11,12)(H,13,14). The molecule has 0 saturated heterocycles. The van der Waals surface area contributed by atoms with Gasteiger partial charge in [-0.05, 0) is 18.2 Å². The van der Waals surface area contributed by atoms with Crippen LogP contribution in [0.3, 0.4) is 0 Å². The third kappa shape index (κ3) is 1.01. The van der Waals surface area contributed by atoms with Gasteiger partial charge in [-0.2, -0.15) is 0 Å². The van der Waals surface area contributed by atoms with E-state index in [1.807, 2.05) is 18.2 Å². The second-order valence-electron chi connectivity index (χ2n) is 3.02. The number of rotatable bonds is 1. The number of hydrogen-bond acceptors (Lipinski definition) is 2. The number of H-pyrrole nitrogens is 2. The Morgan fingerprint density at radius 3 is 3.14 bits per heavy atom. The van der Waals surface area contributed by atoms with E-state index in [9.17, 15) is 0 Å². The average Bonchev–Trinajstić information content (AvgIpc) is 2.88. The summed E-state index contributed by atoms with van der Waals surface area (Å²) in [5.41, 5.74) is 2.92. The van der Waals surface area contributed by atoms with E-state index in [2.05, 4.69) is 26.3 Å². The van der Waals surface area contributed by atoms with Crippen LogP contribution >= 0.6 is 0 Å². The van der Waals surface area contributed by atoms with Gasteiger partial charge in [-0.25, -0.2) is 9.97 Å². The second-order valence-corrected chi connectivity index (χ2v) is 3.02. The monoisotopic (exact) mass is 183 g/mol. The first kappa shape index (κ1) is 7.32. The third-order valence-electron chi connectivity index (χ3n) is 2.14. The zero-order valence-corrected chi connectivity index (χ0v) is 7.28. The molecule has 0 fully saturated rings. The van der Waals surface area contributed by atoms with Crippen molar-refractivity contribution < 1.29 is 0 Å². The molecule has 0 aliphatic rings. The highest BCUT2D eigenvalue weighted by Crippen LogP contribution is 2.18. The fourth-order valence-corrected chi connectivity index (χ4v) is 1.45. The summed E-state index contributed by atoms with van der Waals surface area (Å²) in [4.78, 5) is 14.2. The number of fused-ring (bicyclic) bond motifs is 1. The van der Waals surface area contributed by atoms with Crippen LogP contribution < -0.4 is 0 Å². The normalized spacial score (nSPS) is 10.9. The summed E-state index contributed by atoms with van der Waals surface area (Å²) in [5, 5.41) is 0. The van der Waals surface area contributed by atoms with Gasteiger partial charge in [0.1, 0.15) is 5.82 Å². The quantitative estimate of drug-likeness (QED) is 0.603. The number of imidazole rings is 2. The second kappa shape index (κ2) is 2.70. The van der Waals surface area contributed by atoms with Crippen molar-refractivity contribution in [2.45, 2.75) is 0 Å². The summed E-state index contributed by atoms with van der Waals surface area (Å²) >= 11 is 0. The number of aromatic nitrogens is 4. The maximum atomic E-state index is 4.17. The molecule has 0 bridgehead atoms. The molecular weight excluding hydrogens is 176 g/mol. The molecular formula is C10H7N4. The Hall–Kier alpha value is -2.10. The molecule has 0 aliphatic heterocycles. The Morgan fingerprint density at radius 1 is 1.29 bits per heavy atom. The molecule has 1 radical (unpaired) electrons. The molecule has 4 heteroatoms. The van der Waals surface area contributed by atoms with Crippen LogP contribution in [0.2, 0.25) is 0 Å². The Bertz CT molecular complexity index is 550. The lowest BCUT2D eigenvalue weighted by Crippen LogP contribution is -1.80. The van der Waals surface area contributed by atoms with E-state index in [-0.39, 0.29) is 0 Å². The lowest BCUT2D eigenvalue weighted by Gasteiger charge is -1.95. The summed E-state index contributed by atoms with van der Waals surface area (Å²) in [6.45, 7) is 0. The lowest BCUT2D eigenvalue weighted by molar-refractivity contribution is 1.31. The third-order valence-corrected chi connectivity index (χ3v) is 2.14. The van der Waals surface area contributed by atoms with Gasteiger partial charge in [0.25, 0.3) is 0 Å². The predicted octanol–water partition coefficient (Wildman–Crippen LogP) is 1.75. The van der Waals surface area contributed by atoms with Crippen molar-refractivity contribution in [3.05, 3.63) is 36.9 Å². The van der Waals surface area contributed by atoms with Crippen LogP contribution in [0.1, 0.15) is 0 Å². The van der Waals surface area contributed by atoms with Gasteiger partial charge in [-0.1, -0.05) is 0 Å². The van der Waals surface area contributed by atoms with Crippen molar-refractivity contribution >= 4 is 11.0 Å². The highest BCUT2D eigenvalue weighted by atomic mass is 14.9. The molecule has 2 heterocycles. The Balaban J connectivity index is 2.23. The number of nitrogens with zero attached hydrogens (tertiary/aromatic N) is 2. The zero-order chi connectivity index (χ0) is 9.38. The topological polar surface area (TPSA) is 57.4 Å². The van der Waals surface area contributed by atoms with Gasteiger partial charge in [0, 0.05) is 18.0 Å². The van der Waals surface area contributed by atoms with E-state index in [1.165, 1.54) is 0 Å². The molecule has 0 atom stereocenters. The molecule has 0 aliphatic carbocycles. The van der Waals surface area contributed by atoms with E-state index in [1.54, 1.807) is 12.4 Å². The molecule has 2 aromatic heterocycles. The Labute approximate surface area is 80.0 Å². The van der Waals surface area contributed by atoms with Gasteiger partial charge in [0.2, 0.25) is 0 Å². The van der Waals surface area contributed by atoms with Crippen LogP contribution in [-0.2, 0) is 0 Å². The molecule has 0 unspecified atom stereocenters. The SMILES string of the molecule is [c]1nc2cc(-c3ncc[nH]3)ccc2[nH]1. The van der Waals surface area contributed by atoms with Crippen LogP contribution in [0, 0.1) is 6.33 Å². The van der Waals surface area contributed by atoms with E-state index in [0.717, 1.165) is 22.4 Å². The molecule has 0 spiro atoms. The highest BCUT2D eigenvalue weighted by molar-refractivity contribution is 5.79. The predicted molar refractivity (Wildman–Crippen MR) is 52.5 cm³/mol. The van der Waals surface area contributed by atoms with Gasteiger partial charge in [-0.3, -0.25) is 0 Å². The lowest BCUT2D eigenvalue weighted by atomic mass is 10.2. The molecule has 2 N–H and O–H groups in total. The van der Waals surface area contributed by atoms with E-state index < -0.39 is 0 Å². The van der Waals surface area contributed by atoms with E-state index >= 15 is 0 Å². The molecule has 1 aromatic carbocycles. The Morgan fingerprint density at radius 2 is 2.29 bits per heavy atom. The van der Waals surface area contributed by atoms with Gasteiger partial charge in [-0.15, -0.1) is 0 Å². The van der Waals surface area contributed by atoms with Crippen LogP contribution in [0.4, 0.5) is 0 Å². The van der Waals surface area contributed by atoms with Crippen molar-refractivity contribution in [2.24, 2.45) is 0 Å². The van der Waals surface area contributed by atoms with Gasteiger partial charge < -0.3 is 9.97 Å². The maximum Gasteiger partial charge on any atom is 0.174 e. The van der Waals surface area contributed by atoms with Crippen LogP contribution in [-0.4, -0.2) is 19.9 Å². The molecule has 0 amide bonds. The van der Waals surface area contributed by atoms with Gasteiger partial charge in [0.05, 0.1) is 11.0 Å². The summed E-state index contributed by atoms with van der Waals surface area (Å²) in [7, 11) is 0. The zero-order valence-electron chi connectivity index (χ0n) is 7.28. The van der Waals surface area contributed by atoms with E-state index in [4.69, 9.17) is 0 Å². The van der Waals surface area contributed by atoms with Crippen LogP contribution in [0.5, 0.6) is 0 Å². The number of aromatic amines is 2. The average molecular weight is 183 g/mol. The van der Waals surface area contributed by atoms with Crippen molar-refractivity contribution in [1.29, 1.82) is 0 Å². The number of benzene rings is 1. The molecule has 3 rings (SSSR count). The maximum absolute atomic E-state index is 4.17. The molecule has 14 heavy (non-hydrogen) atoms. The first-order chi connectivity index (χ1) is 6.93. The first-order valence-corrected chi connectivity index (χ1v) is 4.29. The number of hydrogen-bond donors (Lipinski definition) is 2. The summed E-state index contributed by atoms with van der Waals surface area (Å²) in [5.74, 6) is 0.856. The van der Waals surface area contributed by atoms with E-state index in [0.29, 0.717) is 0 Å². The fourth-order valence-electron chi connectivity index (χ4n) is 1.45. The van der Waals surface area contributed by atoms with Crippen LogP contribution in [0.25, 0.3) is 22.4 Å². The molecule has 3 aromatic rings. The van der Waals surface area contributed by atoms with Crippen molar-refractivity contribution in [2.75, 3.05) is 0 Å². The van der Waals surface area contributed by atoms with Gasteiger partial charge >= 0.3 is 0 Å². The summed E-state index contributed by atoms with van der Waals surface area (Å²) < 4.78 is 0. The summed E-state index contributed by atoms with van der Waals surface area (Å²) in [6, 6.07) is 5.94. The Kier molecular flexibility index (Phi) is 1.41. The van der Waals surface area contributed by atoms with Crippen LogP contribution in [0.15, 0.2) is 30.6 Å².